The molecule has 0 radical (unpaired) electrons. The summed E-state index contributed by atoms with van der Waals surface area (Å²) >= 11 is 0. The van der Waals surface area contributed by atoms with E-state index in [1.54, 1.807) is 7.11 Å². The monoisotopic (exact) mass is 231 g/mol. The van der Waals surface area contributed by atoms with Gasteiger partial charge in [-0.15, -0.1) is 0 Å². The number of ether oxygens (including phenoxy) is 2. The van der Waals surface area contributed by atoms with Crippen molar-refractivity contribution >= 4 is 6.09 Å². The summed E-state index contributed by atoms with van der Waals surface area (Å²) < 4.78 is 10.5. The number of aliphatic hydroxyl groups excluding tert-OH is 1. The Balaban J connectivity index is 2.70. The van der Waals surface area contributed by atoms with Gasteiger partial charge in [-0.3, -0.25) is 4.90 Å². The third kappa shape index (κ3) is 3.09. The Morgan fingerprint density at radius 1 is 1.44 bits per heavy atom. The number of amides is 1. The number of hydrogen-bond donors (Lipinski definition) is 1. The summed E-state index contributed by atoms with van der Waals surface area (Å²) in [5, 5.41) is 9.19. The first-order chi connectivity index (χ1) is 7.39. The highest BCUT2D eigenvalue weighted by molar-refractivity contribution is 5.69. The van der Waals surface area contributed by atoms with Crippen molar-refractivity contribution in [3.8, 4) is 0 Å². The molecule has 5 nitrogen and oxygen atoms in total. The molecule has 1 saturated heterocycles. The van der Waals surface area contributed by atoms with Crippen LogP contribution in [0.4, 0.5) is 4.79 Å². The average Bonchev–Trinajstić information content (AvgIpc) is 2.57. The van der Waals surface area contributed by atoms with Crippen LogP contribution in [-0.4, -0.2) is 47.7 Å². The molecule has 2 atom stereocenters. The second-order valence-electron chi connectivity index (χ2n) is 4.99. The van der Waals surface area contributed by atoms with E-state index in [1.807, 2.05) is 20.8 Å². The maximum absolute atomic E-state index is 11.9. The first kappa shape index (κ1) is 13.3. The van der Waals surface area contributed by atoms with Gasteiger partial charge >= 0.3 is 6.09 Å². The van der Waals surface area contributed by atoms with Gasteiger partial charge in [0.25, 0.3) is 0 Å². The minimum Gasteiger partial charge on any atom is -0.444 e. The minimum atomic E-state index is -0.530. The van der Waals surface area contributed by atoms with Crippen LogP contribution in [0, 0.1) is 0 Å². The van der Waals surface area contributed by atoms with Crippen LogP contribution in [0.25, 0.3) is 0 Å². The summed E-state index contributed by atoms with van der Waals surface area (Å²) in [4.78, 5) is 13.4. The number of rotatable bonds is 2. The smallest absolute Gasteiger partial charge is 0.412 e. The standard InChI is InChI=1S/C11H21NO4/c1-11(2,3)16-10(14)12-8(7-13)5-6-9(12)15-4/h8-9,13H,5-7H2,1-4H3. The van der Waals surface area contributed by atoms with E-state index in [0.29, 0.717) is 0 Å². The lowest BCUT2D eigenvalue weighted by Crippen LogP contribution is -2.46. The van der Waals surface area contributed by atoms with Gasteiger partial charge in [0.15, 0.2) is 0 Å². The quantitative estimate of drug-likeness (QED) is 0.779. The predicted molar refractivity (Wildman–Crippen MR) is 59.0 cm³/mol. The van der Waals surface area contributed by atoms with Crippen LogP contribution in [0.2, 0.25) is 0 Å². The van der Waals surface area contributed by atoms with Crippen LogP contribution in [0.3, 0.4) is 0 Å². The van der Waals surface area contributed by atoms with Crippen molar-refractivity contribution in [2.75, 3.05) is 13.7 Å². The number of methoxy groups -OCH3 is 1. The zero-order valence-electron chi connectivity index (χ0n) is 10.4. The molecule has 94 valence electrons. The highest BCUT2D eigenvalue weighted by Gasteiger charge is 2.38. The van der Waals surface area contributed by atoms with Crippen molar-refractivity contribution in [1.82, 2.24) is 4.90 Å². The van der Waals surface area contributed by atoms with Crippen molar-refractivity contribution < 1.29 is 19.4 Å². The van der Waals surface area contributed by atoms with Gasteiger partial charge in [-0.1, -0.05) is 0 Å². The third-order valence-electron chi connectivity index (χ3n) is 2.54. The van der Waals surface area contributed by atoms with Gasteiger partial charge in [-0.25, -0.2) is 4.79 Å². The molecule has 0 saturated carbocycles. The van der Waals surface area contributed by atoms with E-state index >= 15 is 0 Å². The Morgan fingerprint density at radius 2 is 2.06 bits per heavy atom. The van der Waals surface area contributed by atoms with Crippen LogP contribution < -0.4 is 0 Å². The molecule has 1 aliphatic heterocycles. The first-order valence-corrected chi connectivity index (χ1v) is 5.54. The van der Waals surface area contributed by atoms with Gasteiger partial charge < -0.3 is 14.6 Å². The van der Waals surface area contributed by atoms with Crippen molar-refractivity contribution in [3.63, 3.8) is 0 Å². The molecule has 2 unspecified atom stereocenters. The van der Waals surface area contributed by atoms with Gasteiger partial charge in [0, 0.05) is 7.11 Å². The predicted octanol–water partition coefficient (Wildman–Crippen LogP) is 1.35. The van der Waals surface area contributed by atoms with Crippen molar-refractivity contribution in [1.29, 1.82) is 0 Å². The largest absolute Gasteiger partial charge is 0.444 e. The summed E-state index contributed by atoms with van der Waals surface area (Å²) in [5.41, 5.74) is -0.530. The fourth-order valence-corrected chi connectivity index (χ4v) is 1.84. The van der Waals surface area contributed by atoms with E-state index in [-0.39, 0.29) is 18.9 Å². The molecule has 16 heavy (non-hydrogen) atoms. The maximum atomic E-state index is 11.9. The number of carbonyl (C=O) groups is 1. The van der Waals surface area contributed by atoms with Crippen LogP contribution >= 0.6 is 0 Å². The SMILES string of the molecule is COC1CCC(CO)N1C(=O)OC(C)(C)C. The maximum Gasteiger partial charge on any atom is 0.412 e. The minimum absolute atomic E-state index is 0.0564. The molecule has 0 aliphatic carbocycles. The summed E-state index contributed by atoms with van der Waals surface area (Å²) in [7, 11) is 1.56. The fourth-order valence-electron chi connectivity index (χ4n) is 1.84. The average molecular weight is 231 g/mol. The second kappa shape index (κ2) is 5.01. The third-order valence-corrected chi connectivity index (χ3v) is 2.54. The van der Waals surface area contributed by atoms with E-state index < -0.39 is 11.7 Å². The van der Waals surface area contributed by atoms with Gasteiger partial charge in [0.05, 0.1) is 12.6 Å². The highest BCUT2D eigenvalue weighted by atomic mass is 16.6. The van der Waals surface area contributed by atoms with E-state index in [1.165, 1.54) is 4.90 Å². The Kier molecular flexibility index (Phi) is 4.15. The zero-order valence-corrected chi connectivity index (χ0v) is 10.4. The molecule has 0 bridgehead atoms. The lowest BCUT2D eigenvalue weighted by atomic mass is 10.2. The van der Waals surface area contributed by atoms with E-state index in [2.05, 4.69) is 0 Å². The normalized spacial score (nSPS) is 25.9. The zero-order chi connectivity index (χ0) is 12.3. The molecule has 1 fully saturated rings. The van der Waals surface area contributed by atoms with Crippen molar-refractivity contribution in [2.24, 2.45) is 0 Å². The molecule has 0 aromatic carbocycles. The molecule has 1 amide bonds. The summed E-state index contributed by atoms with van der Waals surface area (Å²) in [6, 6.07) is -0.195. The van der Waals surface area contributed by atoms with E-state index in [9.17, 15) is 9.90 Å². The Morgan fingerprint density at radius 3 is 2.50 bits per heavy atom. The molecule has 1 aliphatic rings. The molecule has 0 aromatic rings. The first-order valence-electron chi connectivity index (χ1n) is 5.54. The van der Waals surface area contributed by atoms with Crippen LogP contribution in [0.1, 0.15) is 33.6 Å². The van der Waals surface area contributed by atoms with Crippen LogP contribution in [0.5, 0.6) is 0 Å². The highest BCUT2D eigenvalue weighted by Crippen LogP contribution is 2.26. The fraction of sp³-hybridized carbons (Fsp3) is 0.909. The van der Waals surface area contributed by atoms with Gasteiger partial charge in [0.2, 0.25) is 0 Å². The number of likely N-dealkylation sites (tertiary alicyclic amines) is 1. The molecule has 1 N–H and O–H groups in total. The molecular weight excluding hydrogens is 210 g/mol. The van der Waals surface area contributed by atoms with Crippen molar-refractivity contribution in [3.05, 3.63) is 0 Å². The van der Waals surface area contributed by atoms with Crippen LogP contribution in [-0.2, 0) is 9.47 Å². The van der Waals surface area contributed by atoms with Crippen molar-refractivity contribution in [2.45, 2.75) is 51.5 Å². The number of nitrogens with zero attached hydrogens (tertiary/aromatic N) is 1. The molecule has 0 aromatic heterocycles. The molecule has 5 heteroatoms. The Hall–Kier alpha value is -0.810. The van der Waals surface area contributed by atoms with Gasteiger partial charge in [-0.05, 0) is 33.6 Å². The summed E-state index contributed by atoms with van der Waals surface area (Å²) in [6.45, 7) is 5.39. The van der Waals surface area contributed by atoms with Crippen LogP contribution in [0.15, 0.2) is 0 Å². The number of aliphatic hydroxyl groups is 1. The van der Waals surface area contributed by atoms with E-state index in [4.69, 9.17) is 9.47 Å². The number of carbonyl (C=O) groups excluding carboxylic acids is 1. The molecular formula is C11H21NO4. The van der Waals surface area contributed by atoms with E-state index in [0.717, 1.165) is 12.8 Å². The number of hydrogen-bond acceptors (Lipinski definition) is 4. The lowest BCUT2D eigenvalue weighted by Gasteiger charge is -2.31. The molecule has 1 heterocycles. The van der Waals surface area contributed by atoms with Gasteiger partial charge in [-0.2, -0.15) is 0 Å². The summed E-state index contributed by atoms with van der Waals surface area (Å²) in [6.07, 6.45) is 0.776. The lowest BCUT2D eigenvalue weighted by molar-refractivity contribution is -0.0470. The van der Waals surface area contributed by atoms with Gasteiger partial charge in [0.1, 0.15) is 11.8 Å². The topological polar surface area (TPSA) is 59.0 Å². The summed E-state index contributed by atoms with van der Waals surface area (Å²) in [5.74, 6) is 0. The Labute approximate surface area is 96.3 Å². The molecule has 1 rings (SSSR count). The Bertz CT molecular complexity index is 237. The second-order valence-corrected chi connectivity index (χ2v) is 4.99. The molecule has 0 spiro atoms.